The van der Waals surface area contributed by atoms with Gasteiger partial charge < -0.3 is 9.80 Å². The van der Waals surface area contributed by atoms with Crippen molar-refractivity contribution in [3.05, 3.63) is 71.8 Å². The van der Waals surface area contributed by atoms with Gasteiger partial charge in [-0.1, -0.05) is 60.7 Å². The molecule has 0 bridgehead atoms. The molecule has 132 valence electrons. The lowest BCUT2D eigenvalue weighted by atomic mass is 10.1. The Bertz CT molecular complexity index is 684. The van der Waals surface area contributed by atoms with E-state index in [0.717, 1.165) is 11.1 Å². The summed E-state index contributed by atoms with van der Waals surface area (Å²) in [6, 6.07) is 19.7. The predicted octanol–water partition coefficient (Wildman–Crippen LogP) is 3.47. The molecular formula is C21H26N2O2. The van der Waals surface area contributed by atoms with Crippen LogP contribution < -0.4 is 0 Å². The van der Waals surface area contributed by atoms with Gasteiger partial charge >= 0.3 is 0 Å². The molecule has 25 heavy (non-hydrogen) atoms. The van der Waals surface area contributed by atoms with Crippen LogP contribution in [0.25, 0.3) is 0 Å². The topological polar surface area (TPSA) is 40.6 Å². The van der Waals surface area contributed by atoms with Crippen LogP contribution in [0.15, 0.2) is 60.7 Å². The summed E-state index contributed by atoms with van der Waals surface area (Å²) in [4.78, 5) is 28.2. The first-order chi connectivity index (χ1) is 12.0. The summed E-state index contributed by atoms with van der Waals surface area (Å²) in [5.74, 6) is -0.134. The van der Waals surface area contributed by atoms with Crippen LogP contribution in [0.1, 0.15) is 31.9 Å². The Balaban J connectivity index is 2.07. The van der Waals surface area contributed by atoms with Gasteiger partial charge in [-0.3, -0.25) is 9.59 Å². The summed E-state index contributed by atoms with van der Waals surface area (Å²) in [5.41, 5.74) is 2.10. The van der Waals surface area contributed by atoms with E-state index >= 15 is 0 Å². The molecule has 0 saturated carbocycles. The lowest BCUT2D eigenvalue weighted by Gasteiger charge is -2.30. The Morgan fingerprint density at radius 2 is 1.32 bits per heavy atom. The number of nitrogens with zero attached hydrogens (tertiary/aromatic N) is 2. The number of hydrogen-bond donors (Lipinski definition) is 0. The first-order valence-electron chi connectivity index (χ1n) is 8.60. The maximum Gasteiger partial charge on any atom is 0.242 e. The van der Waals surface area contributed by atoms with Crippen LogP contribution in [0, 0.1) is 0 Å². The van der Waals surface area contributed by atoms with Crippen LogP contribution in [0.2, 0.25) is 0 Å². The van der Waals surface area contributed by atoms with E-state index in [1.807, 2.05) is 79.4 Å². The largest absolute Gasteiger partial charge is 0.334 e. The summed E-state index contributed by atoms with van der Waals surface area (Å²) >= 11 is 0. The maximum atomic E-state index is 12.8. The number of benzene rings is 2. The second-order valence-corrected chi connectivity index (χ2v) is 6.46. The highest BCUT2D eigenvalue weighted by atomic mass is 16.2. The first-order valence-corrected chi connectivity index (χ1v) is 8.60. The van der Waals surface area contributed by atoms with Gasteiger partial charge in [-0.05, 0) is 25.0 Å². The van der Waals surface area contributed by atoms with Gasteiger partial charge in [-0.25, -0.2) is 0 Å². The van der Waals surface area contributed by atoms with Crippen molar-refractivity contribution < 1.29 is 9.59 Å². The van der Waals surface area contributed by atoms with E-state index in [4.69, 9.17) is 0 Å². The fourth-order valence-corrected chi connectivity index (χ4v) is 2.68. The van der Waals surface area contributed by atoms with Crippen molar-refractivity contribution in [3.8, 4) is 0 Å². The number of hydrogen-bond acceptors (Lipinski definition) is 2. The first kappa shape index (κ1) is 18.7. The smallest absolute Gasteiger partial charge is 0.242 e. The Labute approximate surface area is 150 Å². The van der Waals surface area contributed by atoms with Crippen molar-refractivity contribution in [2.24, 2.45) is 0 Å². The summed E-state index contributed by atoms with van der Waals surface area (Å²) in [7, 11) is 0. The minimum absolute atomic E-state index is 0.0371. The van der Waals surface area contributed by atoms with Gasteiger partial charge in [0.05, 0.1) is 0 Å². The van der Waals surface area contributed by atoms with Crippen molar-refractivity contribution >= 4 is 11.8 Å². The van der Waals surface area contributed by atoms with E-state index in [9.17, 15) is 9.59 Å². The minimum atomic E-state index is -0.0966. The Hall–Kier alpha value is -2.62. The van der Waals surface area contributed by atoms with Crippen molar-refractivity contribution in [2.75, 3.05) is 6.54 Å². The molecule has 2 aromatic carbocycles. The SMILES string of the molecule is CC(=O)N(CC(=O)N(Cc1ccccc1)C(C)C)Cc1ccccc1. The van der Waals surface area contributed by atoms with Crippen molar-refractivity contribution in [2.45, 2.75) is 39.9 Å². The minimum Gasteiger partial charge on any atom is -0.334 e. The van der Waals surface area contributed by atoms with Crippen LogP contribution in [-0.2, 0) is 22.7 Å². The monoisotopic (exact) mass is 338 g/mol. The van der Waals surface area contributed by atoms with Crippen LogP contribution in [0.3, 0.4) is 0 Å². The van der Waals surface area contributed by atoms with Crippen LogP contribution in [0.4, 0.5) is 0 Å². The van der Waals surface area contributed by atoms with Crippen molar-refractivity contribution in [1.29, 1.82) is 0 Å². The van der Waals surface area contributed by atoms with Crippen LogP contribution in [-0.4, -0.2) is 34.2 Å². The molecule has 0 heterocycles. The van der Waals surface area contributed by atoms with Gasteiger partial charge in [0.15, 0.2) is 0 Å². The summed E-state index contributed by atoms with van der Waals surface area (Å²) in [6.45, 7) is 6.59. The molecule has 2 rings (SSSR count). The fraction of sp³-hybridized carbons (Fsp3) is 0.333. The molecule has 0 radical (unpaired) electrons. The molecule has 0 spiro atoms. The zero-order valence-electron chi connectivity index (χ0n) is 15.2. The third-order valence-electron chi connectivity index (χ3n) is 4.13. The van der Waals surface area contributed by atoms with Gasteiger partial charge in [0, 0.05) is 26.1 Å². The molecule has 0 aliphatic carbocycles. The summed E-state index contributed by atoms with van der Waals surface area (Å²) < 4.78 is 0. The highest BCUT2D eigenvalue weighted by Gasteiger charge is 2.21. The quantitative estimate of drug-likeness (QED) is 0.775. The van der Waals surface area contributed by atoms with Gasteiger partial charge in [0.1, 0.15) is 6.54 Å². The van der Waals surface area contributed by atoms with E-state index in [-0.39, 0.29) is 24.4 Å². The Morgan fingerprint density at radius 1 is 0.840 bits per heavy atom. The van der Waals surface area contributed by atoms with Crippen molar-refractivity contribution in [1.82, 2.24) is 9.80 Å². The molecule has 0 atom stereocenters. The van der Waals surface area contributed by atoms with E-state index in [1.165, 1.54) is 6.92 Å². The molecule has 0 N–H and O–H groups in total. The third kappa shape index (κ3) is 5.75. The standard InChI is InChI=1S/C21H26N2O2/c1-17(2)23(15-20-12-8-5-9-13-20)21(25)16-22(18(3)24)14-19-10-6-4-7-11-19/h4-13,17H,14-16H2,1-3H3. The summed E-state index contributed by atoms with van der Waals surface area (Å²) in [6.07, 6.45) is 0. The molecule has 0 aliphatic heterocycles. The molecule has 0 saturated heterocycles. The average Bonchev–Trinajstić information content (AvgIpc) is 2.60. The van der Waals surface area contributed by atoms with Gasteiger partial charge in [0.25, 0.3) is 0 Å². The molecule has 0 aliphatic rings. The predicted molar refractivity (Wildman–Crippen MR) is 99.7 cm³/mol. The van der Waals surface area contributed by atoms with E-state index < -0.39 is 0 Å². The lowest BCUT2D eigenvalue weighted by molar-refractivity contribution is -0.141. The molecule has 2 aromatic rings. The van der Waals surface area contributed by atoms with Gasteiger partial charge in [0.2, 0.25) is 11.8 Å². The zero-order chi connectivity index (χ0) is 18.2. The second kappa shape index (κ2) is 9.02. The van der Waals surface area contributed by atoms with Crippen LogP contribution >= 0.6 is 0 Å². The molecule has 0 aromatic heterocycles. The van der Waals surface area contributed by atoms with E-state index in [0.29, 0.717) is 13.1 Å². The second-order valence-electron chi connectivity index (χ2n) is 6.46. The number of rotatable bonds is 7. The summed E-state index contributed by atoms with van der Waals surface area (Å²) in [5, 5.41) is 0. The van der Waals surface area contributed by atoms with Crippen molar-refractivity contribution in [3.63, 3.8) is 0 Å². The lowest BCUT2D eigenvalue weighted by Crippen LogP contribution is -2.44. The highest BCUT2D eigenvalue weighted by molar-refractivity contribution is 5.84. The molecule has 2 amide bonds. The normalized spacial score (nSPS) is 10.6. The Kier molecular flexibility index (Phi) is 6.75. The highest BCUT2D eigenvalue weighted by Crippen LogP contribution is 2.11. The van der Waals surface area contributed by atoms with Crippen LogP contribution in [0.5, 0.6) is 0 Å². The van der Waals surface area contributed by atoms with E-state index in [2.05, 4.69) is 0 Å². The number of carbonyl (C=O) groups is 2. The molecular weight excluding hydrogens is 312 g/mol. The molecule has 4 nitrogen and oxygen atoms in total. The third-order valence-corrected chi connectivity index (χ3v) is 4.13. The zero-order valence-corrected chi connectivity index (χ0v) is 15.2. The number of carbonyl (C=O) groups excluding carboxylic acids is 2. The maximum absolute atomic E-state index is 12.8. The number of amides is 2. The average molecular weight is 338 g/mol. The molecule has 0 fully saturated rings. The van der Waals surface area contributed by atoms with Gasteiger partial charge in [-0.15, -0.1) is 0 Å². The fourth-order valence-electron chi connectivity index (χ4n) is 2.68. The molecule has 0 unspecified atom stereocenters. The van der Waals surface area contributed by atoms with E-state index in [1.54, 1.807) is 4.90 Å². The Morgan fingerprint density at radius 3 is 1.76 bits per heavy atom. The molecule has 4 heteroatoms. The van der Waals surface area contributed by atoms with Gasteiger partial charge in [-0.2, -0.15) is 0 Å².